The topological polar surface area (TPSA) is 69.9 Å². The van der Waals surface area contributed by atoms with Crippen molar-refractivity contribution in [2.45, 2.75) is 0 Å². The second-order valence-electron chi connectivity index (χ2n) is 2.34. The predicted molar refractivity (Wildman–Crippen MR) is 47.6 cm³/mol. The van der Waals surface area contributed by atoms with Crippen molar-refractivity contribution < 1.29 is 19.4 Å². The summed E-state index contributed by atoms with van der Waals surface area (Å²) in [6.45, 7) is 0. The average Bonchev–Trinajstić information content (AvgIpc) is 2.03. The van der Waals surface area contributed by atoms with Gasteiger partial charge in [-0.1, -0.05) is 0 Å². The second-order valence-corrected chi connectivity index (χ2v) is 4.15. The van der Waals surface area contributed by atoms with E-state index >= 15 is 0 Å². The average molecular weight is 190 g/mol. The van der Waals surface area contributed by atoms with Gasteiger partial charge in [-0.05, 0) is 0 Å². The van der Waals surface area contributed by atoms with Gasteiger partial charge in [0.2, 0.25) is 0 Å². The molecule has 1 aromatic rings. The Bertz CT molecular complexity index is 268. The van der Waals surface area contributed by atoms with Crippen LogP contribution in [0.1, 0.15) is 0 Å². The van der Waals surface area contributed by atoms with Crippen LogP contribution < -0.4 is 10.0 Å². The fourth-order valence-electron chi connectivity index (χ4n) is 0.922. The minimum atomic E-state index is -4.22. The van der Waals surface area contributed by atoms with Gasteiger partial charge < -0.3 is 0 Å². The van der Waals surface area contributed by atoms with E-state index in [1.165, 1.54) is 13.2 Å². The van der Waals surface area contributed by atoms with Crippen LogP contribution in [0.2, 0.25) is 0 Å². The van der Waals surface area contributed by atoms with Crippen LogP contribution in [-0.2, 0) is 0 Å². The Hall–Kier alpha value is -0.670. The van der Waals surface area contributed by atoms with E-state index in [0.29, 0.717) is 0 Å². The van der Waals surface area contributed by atoms with Crippen LogP contribution in [0.15, 0.2) is 24.3 Å². The zero-order valence-corrected chi connectivity index (χ0v) is 7.56. The van der Waals surface area contributed by atoms with E-state index in [0.717, 1.165) is 0 Å². The summed E-state index contributed by atoms with van der Waals surface area (Å²) in [4.78, 5) is 26.9. The first-order valence-electron chi connectivity index (χ1n) is 3.36. The first-order valence-corrected chi connectivity index (χ1v) is 5.20. The molecule has 0 atom stereocenters. The molecule has 0 unspecified atom stereocenters. The molecule has 4 nitrogen and oxygen atoms in total. The van der Waals surface area contributed by atoms with Crippen molar-refractivity contribution in [3.05, 3.63) is 24.3 Å². The summed E-state index contributed by atoms with van der Waals surface area (Å²) in [7, 11) is -2.82. The Kier molecular flexibility index (Phi) is 2.65. The summed E-state index contributed by atoms with van der Waals surface area (Å²) in [5.74, 6) is 0.289. The SMILES string of the molecule is COc1ccccc1[PH](O)(O)O. The molecule has 0 amide bonds. The Labute approximate surface area is 70.6 Å². The molecule has 0 aliphatic rings. The van der Waals surface area contributed by atoms with E-state index in [1.54, 1.807) is 18.2 Å². The van der Waals surface area contributed by atoms with Gasteiger partial charge in [0.25, 0.3) is 0 Å². The second kappa shape index (κ2) is 3.37. The molecule has 0 heterocycles. The van der Waals surface area contributed by atoms with Crippen molar-refractivity contribution in [2.75, 3.05) is 7.11 Å². The number of para-hydroxylation sites is 1. The van der Waals surface area contributed by atoms with Gasteiger partial charge in [0.1, 0.15) is 0 Å². The Morgan fingerprint density at radius 2 is 1.75 bits per heavy atom. The molecule has 1 rings (SSSR count). The molecular formula is C7H11O4P. The Balaban J connectivity index is 3.14. The third kappa shape index (κ3) is 1.93. The monoisotopic (exact) mass is 190 g/mol. The van der Waals surface area contributed by atoms with Crippen LogP contribution in [-0.4, -0.2) is 21.8 Å². The van der Waals surface area contributed by atoms with Crippen molar-refractivity contribution in [1.29, 1.82) is 0 Å². The molecule has 0 saturated heterocycles. The molecule has 0 fully saturated rings. The van der Waals surface area contributed by atoms with E-state index in [4.69, 9.17) is 19.4 Å². The van der Waals surface area contributed by atoms with Crippen molar-refractivity contribution in [2.24, 2.45) is 0 Å². The molecule has 0 aliphatic heterocycles. The van der Waals surface area contributed by atoms with Crippen molar-refractivity contribution >= 4 is 13.2 Å². The first kappa shape index (κ1) is 9.42. The summed E-state index contributed by atoms with van der Waals surface area (Å²) in [5.41, 5.74) is 0. The summed E-state index contributed by atoms with van der Waals surface area (Å²) in [6, 6.07) is 6.26. The molecule has 0 bridgehead atoms. The quantitative estimate of drug-likeness (QED) is 0.564. The fraction of sp³-hybridized carbons (Fsp3) is 0.143. The summed E-state index contributed by atoms with van der Waals surface area (Å²) in [5, 5.41) is 0.0625. The van der Waals surface area contributed by atoms with Crippen molar-refractivity contribution in [3.63, 3.8) is 0 Å². The van der Waals surface area contributed by atoms with Crippen molar-refractivity contribution in [3.8, 4) is 5.75 Å². The summed E-state index contributed by atoms with van der Waals surface area (Å²) in [6.07, 6.45) is 0. The summed E-state index contributed by atoms with van der Waals surface area (Å²) >= 11 is 0. The van der Waals surface area contributed by atoms with Crippen LogP contribution in [0.5, 0.6) is 5.75 Å². The molecule has 0 saturated carbocycles. The number of methoxy groups -OCH3 is 1. The van der Waals surface area contributed by atoms with E-state index < -0.39 is 7.94 Å². The first-order chi connectivity index (χ1) is 5.55. The predicted octanol–water partition coefficient (Wildman–Crippen LogP) is -0.208. The van der Waals surface area contributed by atoms with Gasteiger partial charge >= 0.3 is 69.8 Å². The minimum absolute atomic E-state index is 0.0625. The number of hydrogen-bond acceptors (Lipinski definition) is 4. The van der Waals surface area contributed by atoms with Gasteiger partial charge in [-0.3, -0.25) is 0 Å². The van der Waals surface area contributed by atoms with E-state index in [2.05, 4.69) is 0 Å². The number of hydrogen-bond donors (Lipinski definition) is 3. The molecule has 0 spiro atoms. The van der Waals surface area contributed by atoms with Crippen LogP contribution in [0.3, 0.4) is 0 Å². The van der Waals surface area contributed by atoms with Crippen LogP contribution >= 0.6 is 7.94 Å². The molecular weight excluding hydrogens is 179 g/mol. The van der Waals surface area contributed by atoms with Gasteiger partial charge in [-0.15, -0.1) is 0 Å². The van der Waals surface area contributed by atoms with Crippen molar-refractivity contribution in [1.82, 2.24) is 0 Å². The van der Waals surface area contributed by atoms with Gasteiger partial charge in [-0.25, -0.2) is 0 Å². The maximum absolute atomic E-state index is 8.97. The normalized spacial score (nSPS) is 12.7. The molecule has 0 radical (unpaired) electrons. The zero-order valence-electron chi connectivity index (χ0n) is 6.56. The van der Waals surface area contributed by atoms with Gasteiger partial charge in [-0.2, -0.15) is 0 Å². The third-order valence-electron chi connectivity index (χ3n) is 1.47. The Morgan fingerprint density at radius 3 is 2.17 bits per heavy atom. The number of benzene rings is 1. The zero-order chi connectivity index (χ0) is 9.19. The fourth-order valence-corrected chi connectivity index (χ4v) is 1.76. The molecule has 5 heteroatoms. The molecule has 3 N–H and O–H groups in total. The van der Waals surface area contributed by atoms with E-state index in [1.807, 2.05) is 0 Å². The van der Waals surface area contributed by atoms with Gasteiger partial charge in [0.15, 0.2) is 0 Å². The molecule has 0 aliphatic carbocycles. The van der Waals surface area contributed by atoms with E-state index in [9.17, 15) is 0 Å². The Morgan fingerprint density at radius 1 is 1.17 bits per heavy atom. The third-order valence-corrected chi connectivity index (χ3v) is 2.60. The maximum atomic E-state index is 8.97. The summed E-state index contributed by atoms with van der Waals surface area (Å²) < 4.78 is 4.83. The van der Waals surface area contributed by atoms with Crippen LogP contribution in [0.4, 0.5) is 0 Å². The van der Waals surface area contributed by atoms with E-state index in [-0.39, 0.29) is 11.1 Å². The molecule has 12 heavy (non-hydrogen) atoms. The molecule has 68 valence electrons. The molecule has 0 aromatic heterocycles. The van der Waals surface area contributed by atoms with Gasteiger partial charge in [0, 0.05) is 0 Å². The standard InChI is InChI=1S/C7H11O4P/c1-11-6-4-2-3-5-7(6)12(8,9)10/h2-5,8-10,12H,1H3. The van der Waals surface area contributed by atoms with Crippen LogP contribution in [0.25, 0.3) is 0 Å². The number of ether oxygens (including phenoxy) is 1. The number of rotatable bonds is 2. The van der Waals surface area contributed by atoms with Gasteiger partial charge in [0.05, 0.1) is 0 Å². The molecule has 1 aromatic carbocycles. The van der Waals surface area contributed by atoms with Crippen LogP contribution in [0, 0.1) is 0 Å².